The minimum Gasteiger partial charge on any atom is -0.510 e. The van der Waals surface area contributed by atoms with E-state index >= 15 is 0 Å². The summed E-state index contributed by atoms with van der Waals surface area (Å²) in [5, 5.41) is 4.71. The first-order valence-electron chi connectivity index (χ1n) is 14.9. The number of ether oxygens (including phenoxy) is 1. The number of para-hydroxylation sites is 1. The number of rotatable bonds is 6. The maximum Gasteiger partial charge on any atom is 0.216 e. The van der Waals surface area contributed by atoms with Crippen molar-refractivity contribution in [3.8, 4) is 11.6 Å². The molecular formula is C39H25N4OPtS2-3. The molecule has 4 heterocycles. The summed E-state index contributed by atoms with van der Waals surface area (Å²) in [7, 11) is 2.03. The van der Waals surface area contributed by atoms with Gasteiger partial charge in [0, 0.05) is 54.2 Å². The van der Waals surface area contributed by atoms with Crippen molar-refractivity contribution >= 4 is 85.8 Å². The number of benzene rings is 5. The zero-order valence-electron chi connectivity index (χ0n) is 25.0. The summed E-state index contributed by atoms with van der Waals surface area (Å²) in [6, 6.07) is 45.3. The number of pyridine rings is 1. The van der Waals surface area contributed by atoms with E-state index in [0.29, 0.717) is 11.6 Å². The third kappa shape index (κ3) is 5.25. The SMILES string of the molecule is CN1C=CN(c2[c-]c(N(c3[c-]c(Oc4ccccn4)c4sc5ccccc5c4c3)c3ccccc3)c3sc4ccccc4c3c2)[CH-]1.[Pt]. The number of aromatic nitrogens is 1. The average molecular weight is 825 g/mol. The van der Waals surface area contributed by atoms with Crippen molar-refractivity contribution in [3.63, 3.8) is 0 Å². The summed E-state index contributed by atoms with van der Waals surface area (Å²) in [5.74, 6) is 1.18. The summed E-state index contributed by atoms with van der Waals surface area (Å²) in [6.07, 6.45) is 5.86. The Morgan fingerprint density at radius 3 is 2.11 bits per heavy atom. The minimum absolute atomic E-state index is 0. The van der Waals surface area contributed by atoms with Crippen LogP contribution in [0.25, 0.3) is 40.3 Å². The molecule has 1 aliphatic rings. The van der Waals surface area contributed by atoms with Crippen LogP contribution in [-0.4, -0.2) is 16.9 Å². The normalized spacial score (nSPS) is 12.8. The molecule has 0 spiro atoms. The van der Waals surface area contributed by atoms with Crippen LogP contribution in [0.5, 0.6) is 11.6 Å². The second kappa shape index (κ2) is 12.2. The van der Waals surface area contributed by atoms with E-state index in [1.54, 1.807) is 28.9 Å². The van der Waals surface area contributed by atoms with Crippen molar-refractivity contribution in [1.82, 2.24) is 9.88 Å². The van der Waals surface area contributed by atoms with Crippen molar-refractivity contribution in [2.75, 3.05) is 16.8 Å². The van der Waals surface area contributed by atoms with E-state index < -0.39 is 0 Å². The van der Waals surface area contributed by atoms with Crippen LogP contribution in [0.1, 0.15) is 0 Å². The van der Waals surface area contributed by atoms with Gasteiger partial charge in [-0.05, 0) is 70.9 Å². The number of hydrogen-bond acceptors (Lipinski definition) is 7. The van der Waals surface area contributed by atoms with Gasteiger partial charge in [-0.1, -0.05) is 71.1 Å². The van der Waals surface area contributed by atoms with Crippen LogP contribution in [0, 0.1) is 18.8 Å². The molecule has 1 aliphatic heterocycles. The first kappa shape index (κ1) is 29.7. The third-order valence-electron chi connectivity index (χ3n) is 8.11. The van der Waals surface area contributed by atoms with E-state index in [4.69, 9.17) is 4.74 Å². The minimum atomic E-state index is 0. The molecule has 0 saturated carbocycles. The topological polar surface area (TPSA) is 31.8 Å². The van der Waals surface area contributed by atoms with Crippen molar-refractivity contribution < 1.29 is 25.8 Å². The Labute approximate surface area is 294 Å². The van der Waals surface area contributed by atoms with Crippen molar-refractivity contribution in [2.45, 2.75) is 0 Å². The standard InChI is InChI=1S/C39H25N4OS2.Pt/c1-41-19-20-42(25-41)27-21-31-29-13-5-7-15-35(29)45-38(31)33(23-27)43(26-11-3-2-4-12-26)28-22-32-30-14-6-8-16-36(30)46-39(32)34(24-28)44-37-17-9-10-18-40-37;/h2-22,25H,1H3;/q-3;. The zero-order chi connectivity index (χ0) is 30.6. The summed E-state index contributed by atoms with van der Waals surface area (Å²) in [5.41, 5.74) is 3.78. The van der Waals surface area contributed by atoms with Crippen LogP contribution in [0.2, 0.25) is 0 Å². The van der Waals surface area contributed by atoms with Gasteiger partial charge >= 0.3 is 0 Å². The van der Waals surface area contributed by atoms with E-state index in [9.17, 15) is 0 Å². The molecule has 0 amide bonds. The van der Waals surface area contributed by atoms with Gasteiger partial charge in [-0.15, -0.1) is 40.7 Å². The Morgan fingerprint density at radius 2 is 1.40 bits per heavy atom. The molecular weight excluding hydrogens is 800 g/mol. The second-order valence-corrected chi connectivity index (χ2v) is 13.2. The number of thiophene rings is 2. The fourth-order valence-electron chi connectivity index (χ4n) is 6.02. The maximum atomic E-state index is 6.52. The third-order valence-corrected chi connectivity index (χ3v) is 10.5. The molecule has 3 aromatic heterocycles. The molecule has 0 bridgehead atoms. The molecule has 0 N–H and O–H groups in total. The summed E-state index contributed by atoms with van der Waals surface area (Å²) in [6.45, 7) is 2.07. The van der Waals surface area contributed by atoms with Crippen LogP contribution in [0.3, 0.4) is 0 Å². The van der Waals surface area contributed by atoms with E-state index in [1.165, 1.54) is 25.6 Å². The number of hydrogen-bond donors (Lipinski definition) is 0. The quantitative estimate of drug-likeness (QED) is 0.156. The summed E-state index contributed by atoms with van der Waals surface area (Å²) < 4.78 is 11.1. The molecule has 9 rings (SSSR count). The van der Waals surface area contributed by atoms with Gasteiger partial charge in [-0.3, -0.25) is 0 Å². The zero-order valence-corrected chi connectivity index (χ0v) is 28.9. The molecule has 8 aromatic rings. The second-order valence-electron chi connectivity index (χ2n) is 11.1. The predicted octanol–water partition coefficient (Wildman–Crippen LogP) is 11.0. The van der Waals surface area contributed by atoms with Crippen LogP contribution >= 0.6 is 22.7 Å². The summed E-state index contributed by atoms with van der Waals surface area (Å²) in [4.78, 5) is 10.9. The van der Waals surface area contributed by atoms with Crippen LogP contribution in [0.15, 0.2) is 128 Å². The Bertz CT molecular complexity index is 2420. The van der Waals surface area contributed by atoms with Gasteiger partial charge in [0.2, 0.25) is 5.88 Å². The molecule has 5 nitrogen and oxygen atoms in total. The Balaban J connectivity index is 0.00000324. The molecule has 0 saturated heterocycles. The molecule has 0 atom stereocenters. The first-order valence-corrected chi connectivity index (χ1v) is 16.6. The van der Waals surface area contributed by atoms with Gasteiger partial charge in [-0.25, -0.2) is 27.7 Å². The smallest absolute Gasteiger partial charge is 0.216 e. The van der Waals surface area contributed by atoms with Crippen molar-refractivity contribution in [1.29, 1.82) is 0 Å². The van der Waals surface area contributed by atoms with Crippen LogP contribution in [0.4, 0.5) is 22.7 Å². The number of anilines is 4. The molecule has 232 valence electrons. The largest absolute Gasteiger partial charge is 0.510 e. The molecule has 8 heteroatoms. The fourth-order valence-corrected chi connectivity index (χ4v) is 8.31. The monoisotopic (exact) mass is 824 g/mol. The van der Waals surface area contributed by atoms with Gasteiger partial charge in [0.15, 0.2) is 0 Å². The number of nitrogens with zero attached hydrogens (tertiary/aromatic N) is 4. The van der Waals surface area contributed by atoms with E-state index in [-0.39, 0.29) is 21.1 Å². The van der Waals surface area contributed by atoms with Gasteiger partial charge in [0.25, 0.3) is 0 Å². The Kier molecular flexibility index (Phi) is 7.69. The van der Waals surface area contributed by atoms with Gasteiger partial charge in [0.1, 0.15) is 0 Å². The van der Waals surface area contributed by atoms with E-state index in [1.807, 2.05) is 42.4 Å². The van der Waals surface area contributed by atoms with Gasteiger partial charge in [-0.2, -0.15) is 6.67 Å². The predicted molar refractivity (Wildman–Crippen MR) is 193 cm³/mol. The Hall–Kier alpha value is -4.68. The van der Waals surface area contributed by atoms with E-state index in [0.717, 1.165) is 37.5 Å². The summed E-state index contributed by atoms with van der Waals surface area (Å²) >= 11 is 3.50. The van der Waals surface area contributed by atoms with E-state index in [2.05, 4.69) is 125 Å². The molecule has 5 aromatic carbocycles. The van der Waals surface area contributed by atoms with Gasteiger partial charge < -0.3 is 19.4 Å². The average Bonchev–Trinajstić information content (AvgIpc) is 3.81. The van der Waals surface area contributed by atoms with Crippen LogP contribution in [-0.2, 0) is 21.1 Å². The fraction of sp³-hybridized carbons (Fsp3) is 0.0256. The Morgan fingerprint density at radius 1 is 0.723 bits per heavy atom. The molecule has 0 radical (unpaired) electrons. The molecule has 0 aliphatic carbocycles. The van der Waals surface area contributed by atoms with Crippen molar-refractivity contribution in [2.24, 2.45) is 0 Å². The molecule has 47 heavy (non-hydrogen) atoms. The molecule has 0 fully saturated rings. The first-order chi connectivity index (χ1) is 22.7. The molecule has 0 unspecified atom stereocenters. The van der Waals surface area contributed by atoms with Crippen LogP contribution < -0.4 is 14.5 Å². The maximum absolute atomic E-state index is 6.52. The number of fused-ring (bicyclic) bond motifs is 6. The van der Waals surface area contributed by atoms with Gasteiger partial charge in [0.05, 0.1) is 0 Å². The van der Waals surface area contributed by atoms with Crippen molar-refractivity contribution in [3.05, 3.63) is 147 Å².